The van der Waals surface area contributed by atoms with Gasteiger partial charge in [0.05, 0.1) is 18.7 Å². The second kappa shape index (κ2) is 4.28. The van der Waals surface area contributed by atoms with Gasteiger partial charge in [-0.15, -0.1) is 0 Å². The summed E-state index contributed by atoms with van der Waals surface area (Å²) in [6.45, 7) is 4.69. The first kappa shape index (κ1) is 13.1. The fourth-order valence-electron chi connectivity index (χ4n) is 2.44. The quantitative estimate of drug-likeness (QED) is 0.783. The fourth-order valence-corrected chi connectivity index (χ4v) is 2.44. The minimum atomic E-state index is -0.791. The van der Waals surface area contributed by atoms with E-state index in [4.69, 9.17) is 15.2 Å². The molecule has 1 aromatic rings. The summed E-state index contributed by atoms with van der Waals surface area (Å²) < 4.78 is 10.5. The Balaban J connectivity index is 1.79. The zero-order valence-corrected chi connectivity index (χ0v) is 11.5. The third-order valence-corrected chi connectivity index (χ3v) is 4.07. The van der Waals surface area contributed by atoms with Gasteiger partial charge in [0.2, 0.25) is 6.79 Å². The van der Waals surface area contributed by atoms with Crippen LogP contribution in [0.5, 0.6) is 11.5 Å². The summed E-state index contributed by atoms with van der Waals surface area (Å²) in [5, 5.41) is 10.2. The number of benzene rings is 1. The number of rotatable bonds is 2. The highest BCUT2D eigenvalue weighted by Gasteiger charge is 2.46. The lowest BCUT2D eigenvalue weighted by atomic mass is 9.82. The highest BCUT2D eigenvalue weighted by molar-refractivity contribution is 6.00. The minimum Gasteiger partial charge on any atom is -0.454 e. The van der Waals surface area contributed by atoms with Crippen molar-refractivity contribution in [2.75, 3.05) is 25.6 Å². The van der Waals surface area contributed by atoms with Crippen molar-refractivity contribution in [3.63, 3.8) is 0 Å². The molecule has 3 N–H and O–H groups in total. The van der Waals surface area contributed by atoms with Gasteiger partial charge in [-0.2, -0.15) is 0 Å². The van der Waals surface area contributed by atoms with Crippen molar-refractivity contribution in [2.45, 2.75) is 19.4 Å². The van der Waals surface area contributed by atoms with Crippen LogP contribution in [-0.2, 0) is 0 Å². The summed E-state index contributed by atoms with van der Waals surface area (Å²) in [5.74, 6) is 1.01. The Hall–Kier alpha value is -1.95. The molecule has 6 heteroatoms. The molecular weight excluding hydrogens is 260 g/mol. The van der Waals surface area contributed by atoms with Gasteiger partial charge in [-0.05, 0) is 12.0 Å². The average Bonchev–Trinajstić information content (AvgIpc) is 2.79. The van der Waals surface area contributed by atoms with Gasteiger partial charge in [0.25, 0.3) is 5.91 Å². The van der Waals surface area contributed by atoms with Crippen molar-refractivity contribution in [1.82, 2.24) is 4.90 Å². The lowest BCUT2D eigenvalue weighted by Gasteiger charge is -2.49. The molecule has 6 nitrogen and oxygen atoms in total. The molecule has 0 unspecified atom stereocenters. The van der Waals surface area contributed by atoms with E-state index >= 15 is 0 Å². The molecule has 2 heterocycles. The van der Waals surface area contributed by atoms with Gasteiger partial charge in [0, 0.05) is 11.8 Å². The summed E-state index contributed by atoms with van der Waals surface area (Å²) in [6.07, 6.45) is 0. The van der Waals surface area contributed by atoms with Crippen LogP contribution < -0.4 is 15.2 Å². The number of nitrogen functional groups attached to an aromatic ring is 1. The van der Waals surface area contributed by atoms with Gasteiger partial charge in [-0.1, -0.05) is 13.8 Å². The van der Waals surface area contributed by atoms with Crippen LogP contribution in [0, 0.1) is 5.92 Å². The molecule has 2 aliphatic rings. The highest BCUT2D eigenvalue weighted by atomic mass is 16.7. The first-order chi connectivity index (χ1) is 9.40. The third kappa shape index (κ3) is 1.87. The van der Waals surface area contributed by atoms with Gasteiger partial charge < -0.3 is 25.2 Å². The van der Waals surface area contributed by atoms with E-state index < -0.39 is 5.60 Å². The maximum atomic E-state index is 12.4. The zero-order chi connectivity index (χ0) is 14.5. The van der Waals surface area contributed by atoms with E-state index in [0.29, 0.717) is 35.8 Å². The number of fused-ring (bicyclic) bond motifs is 1. The van der Waals surface area contributed by atoms with Crippen molar-refractivity contribution in [3.8, 4) is 11.5 Å². The summed E-state index contributed by atoms with van der Waals surface area (Å²) in [6, 6.07) is 3.21. The van der Waals surface area contributed by atoms with Crippen LogP contribution in [0.25, 0.3) is 0 Å². The average molecular weight is 278 g/mol. The van der Waals surface area contributed by atoms with Crippen LogP contribution in [0.4, 0.5) is 5.69 Å². The molecular formula is C14H18N2O4. The minimum absolute atomic E-state index is 0.112. The molecule has 1 aromatic carbocycles. The van der Waals surface area contributed by atoms with Crippen molar-refractivity contribution >= 4 is 11.6 Å². The summed E-state index contributed by atoms with van der Waals surface area (Å²) in [7, 11) is 0. The molecule has 0 saturated carbocycles. The lowest BCUT2D eigenvalue weighted by molar-refractivity contribution is -0.110. The van der Waals surface area contributed by atoms with Crippen LogP contribution in [-0.4, -0.2) is 41.4 Å². The number of hydrogen-bond acceptors (Lipinski definition) is 5. The number of carbonyl (C=O) groups excluding carboxylic acids is 1. The standard InChI is InChI=1S/C14H18N2O4/c1-8(2)14(18)5-16(6-14)13(17)9-3-11-12(4-10(9)15)20-7-19-11/h3-4,8,18H,5-7,15H2,1-2H3. The second-order valence-electron chi connectivity index (χ2n) is 5.71. The Morgan fingerprint density at radius 2 is 1.95 bits per heavy atom. The van der Waals surface area contributed by atoms with Crippen LogP contribution in [0.15, 0.2) is 12.1 Å². The Morgan fingerprint density at radius 3 is 2.55 bits per heavy atom. The van der Waals surface area contributed by atoms with Crippen molar-refractivity contribution < 1.29 is 19.4 Å². The molecule has 1 saturated heterocycles. The number of ether oxygens (including phenoxy) is 2. The van der Waals surface area contributed by atoms with Gasteiger partial charge in [0.15, 0.2) is 11.5 Å². The normalized spacial score (nSPS) is 19.1. The van der Waals surface area contributed by atoms with Crippen molar-refractivity contribution in [2.24, 2.45) is 5.92 Å². The van der Waals surface area contributed by atoms with Gasteiger partial charge in [0.1, 0.15) is 5.60 Å². The predicted octanol–water partition coefficient (Wildman–Crippen LogP) is 0.840. The van der Waals surface area contributed by atoms with E-state index in [-0.39, 0.29) is 18.6 Å². The molecule has 2 aliphatic heterocycles. The monoisotopic (exact) mass is 278 g/mol. The molecule has 20 heavy (non-hydrogen) atoms. The number of β-amino-alcohol motifs (C(OH)–C–C–N with tert-alkyl or cyclic N) is 1. The number of aliphatic hydroxyl groups is 1. The number of carbonyl (C=O) groups is 1. The Bertz CT molecular complexity index is 565. The molecule has 0 radical (unpaired) electrons. The first-order valence-corrected chi connectivity index (χ1v) is 6.61. The summed E-state index contributed by atoms with van der Waals surface area (Å²) in [4.78, 5) is 14.0. The largest absolute Gasteiger partial charge is 0.454 e. The zero-order valence-electron chi connectivity index (χ0n) is 11.5. The van der Waals surface area contributed by atoms with E-state index in [0.717, 1.165) is 0 Å². The smallest absolute Gasteiger partial charge is 0.256 e. The Labute approximate surface area is 117 Å². The number of amides is 1. The highest BCUT2D eigenvalue weighted by Crippen LogP contribution is 2.37. The third-order valence-electron chi connectivity index (χ3n) is 4.07. The first-order valence-electron chi connectivity index (χ1n) is 6.61. The van der Waals surface area contributed by atoms with E-state index in [9.17, 15) is 9.90 Å². The molecule has 0 atom stereocenters. The van der Waals surface area contributed by atoms with E-state index in [1.165, 1.54) is 0 Å². The number of nitrogens with zero attached hydrogens (tertiary/aromatic N) is 1. The number of nitrogens with two attached hydrogens (primary N) is 1. The molecule has 0 bridgehead atoms. The Morgan fingerprint density at radius 1 is 1.35 bits per heavy atom. The van der Waals surface area contributed by atoms with E-state index in [2.05, 4.69) is 0 Å². The topological polar surface area (TPSA) is 85.0 Å². The van der Waals surface area contributed by atoms with Crippen LogP contribution >= 0.6 is 0 Å². The fraction of sp³-hybridized carbons (Fsp3) is 0.500. The van der Waals surface area contributed by atoms with Crippen molar-refractivity contribution in [1.29, 1.82) is 0 Å². The molecule has 1 fully saturated rings. The summed E-state index contributed by atoms with van der Waals surface area (Å²) in [5.41, 5.74) is 5.85. The van der Waals surface area contributed by atoms with Gasteiger partial charge >= 0.3 is 0 Å². The number of likely N-dealkylation sites (tertiary alicyclic amines) is 1. The summed E-state index contributed by atoms with van der Waals surface area (Å²) >= 11 is 0. The van der Waals surface area contributed by atoms with Gasteiger partial charge in [-0.3, -0.25) is 4.79 Å². The van der Waals surface area contributed by atoms with Crippen LogP contribution in [0.2, 0.25) is 0 Å². The van der Waals surface area contributed by atoms with Gasteiger partial charge in [-0.25, -0.2) is 0 Å². The van der Waals surface area contributed by atoms with Crippen LogP contribution in [0.3, 0.4) is 0 Å². The van der Waals surface area contributed by atoms with E-state index in [1.807, 2.05) is 13.8 Å². The number of anilines is 1. The molecule has 108 valence electrons. The SMILES string of the molecule is CC(C)C1(O)CN(C(=O)c2cc3c(cc2N)OCO3)C1. The van der Waals surface area contributed by atoms with Crippen molar-refractivity contribution in [3.05, 3.63) is 17.7 Å². The Kier molecular flexibility index (Phi) is 2.79. The maximum Gasteiger partial charge on any atom is 0.256 e. The maximum absolute atomic E-state index is 12.4. The molecule has 0 aliphatic carbocycles. The molecule has 0 spiro atoms. The second-order valence-corrected chi connectivity index (χ2v) is 5.71. The number of hydrogen-bond donors (Lipinski definition) is 2. The van der Waals surface area contributed by atoms with E-state index in [1.54, 1.807) is 17.0 Å². The lowest BCUT2D eigenvalue weighted by Crippen LogP contribution is -2.66. The van der Waals surface area contributed by atoms with Crippen LogP contribution in [0.1, 0.15) is 24.2 Å². The predicted molar refractivity (Wildman–Crippen MR) is 72.7 cm³/mol. The molecule has 0 aromatic heterocycles. The molecule has 3 rings (SSSR count). The molecule has 1 amide bonds.